The van der Waals surface area contributed by atoms with E-state index < -0.39 is 0 Å². The summed E-state index contributed by atoms with van der Waals surface area (Å²) >= 11 is 5.93. The van der Waals surface area contributed by atoms with Crippen molar-refractivity contribution in [2.75, 3.05) is 7.11 Å². The number of nitrogens with zero attached hydrogens (tertiary/aromatic N) is 3. The van der Waals surface area contributed by atoms with Gasteiger partial charge in [-0.3, -0.25) is 14.5 Å². The molecule has 2 aromatic rings. The van der Waals surface area contributed by atoms with Crippen LogP contribution in [0.2, 0.25) is 5.02 Å². The molecule has 0 fully saturated rings. The van der Waals surface area contributed by atoms with Crippen LogP contribution in [0.5, 0.6) is 5.75 Å². The second kappa shape index (κ2) is 4.55. The third-order valence-corrected chi connectivity index (χ3v) is 2.66. The lowest BCUT2D eigenvalue weighted by atomic mass is 10.1. The summed E-state index contributed by atoms with van der Waals surface area (Å²) in [5, 5.41) is 4.28. The highest BCUT2D eigenvalue weighted by atomic mass is 35.5. The normalized spacial score (nSPS) is 10.3. The van der Waals surface area contributed by atoms with Crippen molar-refractivity contribution < 1.29 is 9.53 Å². The van der Waals surface area contributed by atoms with Crippen molar-refractivity contribution in [1.29, 1.82) is 0 Å². The molecule has 88 valence electrons. The van der Waals surface area contributed by atoms with Crippen molar-refractivity contribution in [2.45, 2.75) is 0 Å². The Morgan fingerprint density at radius 2 is 2.24 bits per heavy atom. The summed E-state index contributed by atoms with van der Waals surface area (Å²) in [4.78, 5) is 16.1. The summed E-state index contributed by atoms with van der Waals surface area (Å²) < 4.78 is 6.54. The van der Waals surface area contributed by atoms with E-state index in [1.54, 1.807) is 13.1 Å². The zero-order valence-corrected chi connectivity index (χ0v) is 10.1. The molecule has 0 saturated heterocycles. The van der Waals surface area contributed by atoms with E-state index in [2.05, 4.69) is 10.1 Å². The molecule has 0 aromatic carbocycles. The average molecular weight is 252 g/mol. The summed E-state index contributed by atoms with van der Waals surface area (Å²) in [6, 6.07) is 1.57. The molecule has 0 amide bonds. The highest BCUT2D eigenvalue weighted by molar-refractivity contribution is 6.34. The smallest absolute Gasteiger partial charge is 0.216 e. The minimum absolute atomic E-state index is 0.241. The van der Waals surface area contributed by atoms with Gasteiger partial charge in [0.1, 0.15) is 0 Å². The lowest BCUT2D eigenvalue weighted by Gasteiger charge is -2.05. The summed E-state index contributed by atoms with van der Waals surface area (Å²) in [7, 11) is 3.16. The molecule has 5 nitrogen and oxygen atoms in total. The van der Waals surface area contributed by atoms with E-state index in [1.165, 1.54) is 30.4 Å². The second-order valence-corrected chi connectivity index (χ2v) is 3.78. The van der Waals surface area contributed by atoms with Gasteiger partial charge >= 0.3 is 0 Å². The number of pyridine rings is 1. The largest absolute Gasteiger partial charge is 0.493 e. The van der Waals surface area contributed by atoms with Gasteiger partial charge in [0.15, 0.2) is 11.4 Å². The molecule has 0 bridgehead atoms. The van der Waals surface area contributed by atoms with Crippen LogP contribution >= 0.6 is 11.6 Å². The van der Waals surface area contributed by atoms with Crippen LogP contribution in [0.4, 0.5) is 0 Å². The molecule has 17 heavy (non-hydrogen) atoms. The van der Waals surface area contributed by atoms with Crippen molar-refractivity contribution >= 4 is 17.4 Å². The molecule has 0 saturated carbocycles. The van der Waals surface area contributed by atoms with Gasteiger partial charge in [-0.2, -0.15) is 5.10 Å². The molecule has 0 radical (unpaired) electrons. The van der Waals surface area contributed by atoms with Gasteiger partial charge < -0.3 is 4.74 Å². The Balaban J connectivity index is 2.51. The first kappa shape index (κ1) is 11.6. The predicted octanol–water partition coefficient (Wildman–Crippen LogP) is 1.71. The van der Waals surface area contributed by atoms with Crippen LogP contribution in [0.1, 0.15) is 16.1 Å². The third-order valence-electron chi connectivity index (χ3n) is 2.36. The van der Waals surface area contributed by atoms with Gasteiger partial charge in [-0.25, -0.2) is 0 Å². The van der Waals surface area contributed by atoms with E-state index in [-0.39, 0.29) is 5.78 Å². The molecular formula is C11H10ClN3O2. The molecule has 0 spiro atoms. The number of rotatable bonds is 3. The fraction of sp³-hybridized carbons (Fsp3) is 0.182. The number of carbonyl (C=O) groups is 1. The molecule has 2 aromatic heterocycles. The van der Waals surface area contributed by atoms with Gasteiger partial charge in [0.05, 0.1) is 18.3 Å². The van der Waals surface area contributed by atoms with Crippen LogP contribution in [0.25, 0.3) is 0 Å². The minimum Gasteiger partial charge on any atom is -0.493 e. The molecule has 0 unspecified atom stereocenters. The Hall–Kier alpha value is -1.88. The molecule has 0 aliphatic heterocycles. The van der Waals surface area contributed by atoms with Crippen molar-refractivity contribution in [3.05, 3.63) is 40.9 Å². The van der Waals surface area contributed by atoms with Gasteiger partial charge in [-0.15, -0.1) is 0 Å². The highest BCUT2D eigenvalue weighted by Gasteiger charge is 2.21. The monoisotopic (exact) mass is 251 g/mol. The fourth-order valence-electron chi connectivity index (χ4n) is 1.51. The summed E-state index contributed by atoms with van der Waals surface area (Å²) in [5.74, 6) is 0.180. The van der Waals surface area contributed by atoms with Gasteiger partial charge in [0.25, 0.3) is 0 Å². The van der Waals surface area contributed by atoms with Crippen LogP contribution in [0, 0.1) is 0 Å². The summed E-state index contributed by atoms with van der Waals surface area (Å²) in [6.07, 6.45) is 4.43. The van der Waals surface area contributed by atoms with E-state index in [0.717, 1.165) is 0 Å². The predicted molar refractivity (Wildman–Crippen MR) is 62.4 cm³/mol. The Kier molecular flexibility index (Phi) is 3.10. The Morgan fingerprint density at radius 3 is 2.88 bits per heavy atom. The zero-order valence-electron chi connectivity index (χ0n) is 9.35. The van der Waals surface area contributed by atoms with Crippen LogP contribution in [0.15, 0.2) is 24.7 Å². The second-order valence-electron chi connectivity index (χ2n) is 3.37. The van der Waals surface area contributed by atoms with Crippen LogP contribution in [-0.2, 0) is 7.05 Å². The molecule has 6 heteroatoms. The minimum atomic E-state index is -0.241. The van der Waals surface area contributed by atoms with E-state index in [0.29, 0.717) is 22.0 Å². The maximum atomic E-state index is 12.3. The maximum Gasteiger partial charge on any atom is 0.216 e. The Bertz CT molecular complexity index is 566. The average Bonchev–Trinajstić information content (AvgIpc) is 2.70. The molecule has 0 atom stereocenters. The van der Waals surface area contributed by atoms with Crippen molar-refractivity contribution in [3.63, 3.8) is 0 Å². The molecule has 0 N–H and O–H groups in total. The number of aromatic nitrogens is 3. The number of ketones is 1. The summed E-state index contributed by atoms with van der Waals surface area (Å²) in [6.45, 7) is 0. The Labute approximate surface area is 103 Å². The fourth-order valence-corrected chi connectivity index (χ4v) is 1.72. The first-order valence-corrected chi connectivity index (χ1v) is 5.23. The van der Waals surface area contributed by atoms with Crippen molar-refractivity contribution in [1.82, 2.24) is 14.8 Å². The number of ether oxygens (including phenoxy) is 1. The van der Waals surface area contributed by atoms with E-state index in [4.69, 9.17) is 16.3 Å². The van der Waals surface area contributed by atoms with Gasteiger partial charge in [0, 0.05) is 25.0 Å². The van der Waals surface area contributed by atoms with Crippen molar-refractivity contribution in [3.8, 4) is 5.75 Å². The number of hydrogen-bond donors (Lipinski definition) is 0. The SMILES string of the molecule is COc1cnn(C)c1C(=O)c1ccncc1Cl. The maximum absolute atomic E-state index is 12.3. The van der Waals surface area contributed by atoms with E-state index in [9.17, 15) is 4.79 Å². The van der Waals surface area contributed by atoms with Crippen LogP contribution in [0.3, 0.4) is 0 Å². The van der Waals surface area contributed by atoms with Gasteiger partial charge in [0.2, 0.25) is 5.78 Å². The lowest BCUT2D eigenvalue weighted by Crippen LogP contribution is -2.10. The number of halogens is 1. The quantitative estimate of drug-likeness (QED) is 0.780. The van der Waals surface area contributed by atoms with E-state index >= 15 is 0 Å². The first-order chi connectivity index (χ1) is 8.15. The molecule has 0 aliphatic carbocycles. The van der Waals surface area contributed by atoms with Crippen LogP contribution < -0.4 is 4.74 Å². The lowest BCUT2D eigenvalue weighted by molar-refractivity contribution is 0.102. The molecule has 2 rings (SSSR count). The highest BCUT2D eigenvalue weighted by Crippen LogP contribution is 2.23. The number of aryl methyl sites for hydroxylation is 1. The molecule has 0 aliphatic rings. The van der Waals surface area contributed by atoms with Crippen LogP contribution in [-0.4, -0.2) is 27.7 Å². The Morgan fingerprint density at radius 1 is 1.47 bits per heavy atom. The van der Waals surface area contributed by atoms with Gasteiger partial charge in [-0.05, 0) is 6.07 Å². The van der Waals surface area contributed by atoms with E-state index in [1.807, 2.05) is 0 Å². The number of methoxy groups -OCH3 is 1. The summed E-state index contributed by atoms with van der Waals surface area (Å²) in [5.41, 5.74) is 0.740. The number of carbonyl (C=O) groups excluding carboxylic acids is 1. The molecule has 2 heterocycles. The molecular weight excluding hydrogens is 242 g/mol. The first-order valence-electron chi connectivity index (χ1n) is 4.85. The topological polar surface area (TPSA) is 57.0 Å². The van der Waals surface area contributed by atoms with Gasteiger partial charge in [-0.1, -0.05) is 11.6 Å². The zero-order chi connectivity index (χ0) is 12.4. The third kappa shape index (κ3) is 2.01. The standard InChI is InChI=1S/C11H10ClN3O2/c1-15-10(9(17-2)6-14-15)11(16)7-3-4-13-5-8(7)12/h3-6H,1-2H3. The van der Waals surface area contributed by atoms with Crippen molar-refractivity contribution in [2.24, 2.45) is 7.05 Å². The number of hydrogen-bond acceptors (Lipinski definition) is 4.